The molecular formula is C16H11ClN2O2S. The molecule has 4 nitrogen and oxygen atoms in total. The van der Waals surface area contributed by atoms with Gasteiger partial charge in [-0.15, -0.1) is 11.3 Å². The van der Waals surface area contributed by atoms with Gasteiger partial charge in [-0.2, -0.15) is 0 Å². The number of thiophene rings is 1. The molecule has 22 heavy (non-hydrogen) atoms. The molecule has 0 atom stereocenters. The van der Waals surface area contributed by atoms with Crippen LogP contribution in [0.4, 0.5) is 5.69 Å². The van der Waals surface area contributed by atoms with E-state index in [9.17, 15) is 9.59 Å². The van der Waals surface area contributed by atoms with Gasteiger partial charge in [-0.1, -0.05) is 35.9 Å². The Kier molecular flexibility index (Phi) is 3.83. The van der Waals surface area contributed by atoms with Crippen LogP contribution in [0.5, 0.6) is 0 Å². The number of hydrogen-bond acceptors (Lipinski definition) is 3. The zero-order valence-electron chi connectivity index (χ0n) is 11.3. The van der Waals surface area contributed by atoms with Crippen molar-refractivity contribution in [2.75, 3.05) is 5.32 Å². The third kappa shape index (κ3) is 2.68. The average molecular weight is 331 g/mol. The van der Waals surface area contributed by atoms with Crippen LogP contribution >= 0.6 is 22.9 Å². The Morgan fingerprint density at radius 3 is 2.59 bits per heavy atom. The van der Waals surface area contributed by atoms with Crippen LogP contribution in [0.25, 0.3) is 10.1 Å². The maximum Gasteiger partial charge on any atom is 0.267 e. The number of nitrogens with one attached hydrogen (secondary N) is 1. The lowest BCUT2D eigenvalue weighted by molar-refractivity contribution is 0.0996. The van der Waals surface area contributed by atoms with Gasteiger partial charge in [0.2, 0.25) is 5.91 Å². The lowest BCUT2D eigenvalue weighted by Gasteiger charge is -2.05. The summed E-state index contributed by atoms with van der Waals surface area (Å²) in [6, 6.07) is 14.0. The number of hydrogen-bond donors (Lipinski definition) is 2. The second-order valence-electron chi connectivity index (χ2n) is 4.64. The van der Waals surface area contributed by atoms with E-state index < -0.39 is 5.91 Å². The van der Waals surface area contributed by atoms with Gasteiger partial charge in [0.1, 0.15) is 4.88 Å². The Hall–Kier alpha value is -2.37. The minimum absolute atomic E-state index is 0.312. The Labute approximate surface area is 135 Å². The normalized spacial score (nSPS) is 10.6. The van der Waals surface area contributed by atoms with Gasteiger partial charge in [0.15, 0.2) is 0 Å². The van der Waals surface area contributed by atoms with E-state index in [1.807, 2.05) is 24.3 Å². The molecule has 0 radical (unpaired) electrons. The second kappa shape index (κ2) is 5.79. The van der Waals surface area contributed by atoms with E-state index in [1.54, 1.807) is 18.2 Å². The third-order valence-corrected chi connectivity index (χ3v) is 4.82. The number of amides is 2. The van der Waals surface area contributed by atoms with Crippen LogP contribution in [-0.4, -0.2) is 11.8 Å². The number of nitrogens with two attached hydrogens (primary N) is 1. The summed E-state index contributed by atoms with van der Waals surface area (Å²) in [5.74, 6) is -0.858. The summed E-state index contributed by atoms with van der Waals surface area (Å²) >= 11 is 7.60. The number of carbonyl (C=O) groups excluding carboxylic acids is 2. The maximum absolute atomic E-state index is 12.4. The molecule has 2 amide bonds. The summed E-state index contributed by atoms with van der Waals surface area (Å²) in [7, 11) is 0. The first kappa shape index (κ1) is 14.6. The molecule has 0 aliphatic heterocycles. The lowest BCUT2D eigenvalue weighted by Crippen LogP contribution is -2.13. The van der Waals surface area contributed by atoms with Crippen molar-refractivity contribution in [1.29, 1.82) is 0 Å². The third-order valence-electron chi connectivity index (χ3n) is 3.15. The number of benzene rings is 2. The number of halogens is 1. The van der Waals surface area contributed by atoms with Gasteiger partial charge in [0.25, 0.3) is 5.91 Å². The minimum Gasteiger partial charge on any atom is -0.366 e. The molecule has 0 unspecified atom stereocenters. The number of primary amides is 1. The van der Waals surface area contributed by atoms with Gasteiger partial charge < -0.3 is 11.1 Å². The summed E-state index contributed by atoms with van der Waals surface area (Å²) in [5, 5.41) is 4.02. The SMILES string of the molecule is NC(=O)c1cccc(NC(=O)c2sc3ccccc3c2Cl)c1. The van der Waals surface area contributed by atoms with Gasteiger partial charge in [-0.3, -0.25) is 9.59 Å². The molecule has 110 valence electrons. The number of carbonyl (C=O) groups is 2. The van der Waals surface area contributed by atoms with Crippen LogP contribution in [0.1, 0.15) is 20.0 Å². The molecule has 0 saturated heterocycles. The first-order valence-corrected chi connectivity index (χ1v) is 7.64. The van der Waals surface area contributed by atoms with E-state index in [4.69, 9.17) is 17.3 Å². The summed E-state index contributed by atoms with van der Waals surface area (Å²) in [6.07, 6.45) is 0. The van der Waals surface area contributed by atoms with Crippen molar-refractivity contribution in [3.63, 3.8) is 0 Å². The van der Waals surface area contributed by atoms with Crippen LogP contribution in [0.3, 0.4) is 0 Å². The molecule has 6 heteroatoms. The van der Waals surface area contributed by atoms with Crippen LogP contribution in [-0.2, 0) is 0 Å². The molecule has 0 spiro atoms. The van der Waals surface area contributed by atoms with E-state index >= 15 is 0 Å². The molecule has 0 saturated carbocycles. The molecule has 3 aromatic rings. The number of fused-ring (bicyclic) bond motifs is 1. The molecule has 0 fully saturated rings. The molecule has 0 bridgehead atoms. The highest BCUT2D eigenvalue weighted by Gasteiger charge is 2.17. The maximum atomic E-state index is 12.4. The van der Waals surface area contributed by atoms with E-state index in [-0.39, 0.29) is 5.91 Å². The van der Waals surface area contributed by atoms with Crippen molar-refractivity contribution >= 4 is 50.5 Å². The predicted molar refractivity (Wildman–Crippen MR) is 89.7 cm³/mol. The highest BCUT2D eigenvalue weighted by molar-refractivity contribution is 7.21. The van der Waals surface area contributed by atoms with Crippen molar-refractivity contribution in [1.82, 2.24) is 0 Å². The van der Waals surface area contributed by atoms with E-state index in [1.165, 1.54) is 17.4 Å². The van der Waals surface area contributed by atoms with Crippen LogP contribution < -0.4 is 11.1 Å². The largest absolute Gasteiger partial charge is 0.366 e. The molecule has 3 rings (SSSR count). The second-order valence-corrected chi connectivity index (χ2v) is 6.07. The fourth-order valence-corrected chi connectivity index (χ4v) is 3.51. The summed E-state index contributed by atoms with van der Waals surface area (Å²) in [5.41, 5.74) is 6.06. The van der Waals surface area contributed by atoms with Gasteiger partial charge in [0.05, 0.1) is 5.02 Å². The fourth-order valence-electron chi connectivity index (χ4n) is 2.10. The zero-order chi connectivity index (χ0) is 15.7. The molecule has 0 aliphatic carbocycles. The first-order valence-electron chi connectivity index (χ1n) is 6.44. The van der Waals surface area contributed by atoms with Crippen molar-refractivity contribution in [2.24, 2.45) is 5.73 Å². The Balaban J connectivity index is 1.92. The number of anilines is 1. The Morgan fingerprint density at radius 2 is 1.86 bits per heavy atom. The van der Waals surface area contributed by atoms with Crippen LogP contribution in [0.15, 0.2) is 48.5 Å². The standard InChI is InChI=1S/C16H11ClN2O2S/c17-13-11-6-1-2-7-12(11)22-14(13)16(21)19-10-5-3-4-9(8-10)15(18)20/h1-8H,(H2,18,20)(H,19,21). The van der Waals surface area contributed by atoms with Gasteiger partial charge >= 0.3 is 0 Å². The van der Waals surface area contributed by atoms with Gasteiger partial charge in [-0.25, -0.2) is 0 Å². The summed E-state index contributed by atoms with van der Waals surface area (Å²) in [4.78, 5) is 24.0. The summed E-state index contributed by atoms with van der Waals surface area (Å²) in [6.45, 7) is 0. The van der Waals surface area contributed by atoms with E-state index in [0.29, 0.717) is 21.2 Å². The minimum atomic E-state index is -0.545. The highest BCUT2D eigenvalue weighted by atomic mass is 35.5. The highest BCUT2D eigenvalue weighted by Crippen LogP contribution is 2.35. The van der Waals surface area contributed by atoms with Crippen molar-refractivity contribution in [3.05, 3.63) is 64.0 Å². The predicted octanol–water partition coefficient (Wildman–Crippen LogP) is 3.91. The fraction of sp³-hybridized carbons (Fsp3) is 0. The average Bonchev–Trinajstić information content (AvgIpc) is 2.85. The van der Waals surface area contributed by atoms with Crippen molar-refractivity contribution in [2.45, 2.75) is 0 Å². The van der Waals surface area contributed by atoms with E-state index in [0.717, 1.165) is 10.1 Å². The van der Waals surface area contributed by atoms with Crippen LogP contribution in [0, 0.1) is 0 Å². The molecule has 3 N–H and O–H groups in total. The monoisotopic (exact) mass is 330 g/mol. The molecule has 1 heterocycles. The molecule has 2 aromatic carbocycles. The van der Waals surface area contributed by atoms with E-state index in [2.05, 4.69) is 5.32 Å². The van der Waals surface area contributed by atoms with Crippen molar-refractivity contribution < 1.29 is 9.59 Å². The van der Waals surface area contributed by atoms with Crippen LogP contribution in [0.2, 0.25) is 5.02 Å². The first-order chi connectivity index (χ1) is 10.6. The smallest absolute Gasteiger partial charge is 0.267 e. The topological polar surface area (TPSA) is 72.2 Å². The Bertz CT molecular complexity index is 889. The zero-order valence-corrected chi connectivity index (χ0v) is 12.9. The number of rotatable bonds is 3. The molecule has 1 aromatic heterocycles. The van der Waals surface area contributed by atoms with Gasteiger partial charge in [-0.05, 0) is 24.3 Å². The Morgan fingerprint density at radius 1 is 1.09 bits per heavy atom. The molecule has 0 aliphatic rings. The van der Waals surface area contributed by atoms with Gasteiger partial charge in [0, 0.05) is 21.3 Å². The lowest BCUT2D eigenvalue weighted by atomic mass is 10.2. The molecular weight excluding hydrogens is 320 g/mol. The quantitative estimate of drug-likeness (QED) is 0.764. The summed E-state index contributed by atoms with van der Waals surface area (Å²) < 4.78 is 0.948. The van der Waals surface area contributed by atoms with Crippen molar-refractivity contribution in [3.8, 4) is 0 Å².